The first-order valence-electron chi connectivity index (χ1n) is 7.67. The van der Waals surface area contributed by atoms with E-state index in [1.807, 2.05) is 0 Å². The van der Waals surface area contributed by atoms with E-state index in [1.165, 1.54) is 19.1 Å². The third-order valence-corrected chi connectivity index (χ3v) is 5.49. The molecule has 0 aromatic heterocycles. The van der Waals surface area contributed by atoms with Gasteiger partial charge in [-0.25, -0.2) is 8.42 Å². The van der Waals surface area contributed by atoms with E-state index in [2.05, 4.69) is 10.0 Å². The molecule has 0 heterocycles. The van der Waals surface area contributed by atoms with Crippen LogP contribution in [0.4, 0.5) is 18.9 Å². The van der Waals surface area contributed by atoms with E-state index in [0.29, 0.717) is 6.07 Å². The van der Waals surface area contributed by atoms with Crippen molar-refractivity contribution in [1.29, 1.82) is 0 Å². The standard InChI is InChI=1S/C17H16ClF3N2O3S/c1-10-3-6-13(7-4-10)27(25,26)23-11(2)16(24)22-15-9-12(17(19,20)21)5-8-14(15)18/h3-9,11,23H,1-2H3,(H,22,24)/t11-/m0/s1. The number of sulfonamides is 1. The van der Waals surface area contributed by atoms with E-state index in [-0.39, 0.29) is 15.6 Å². The zero-order valence-corrected chi connectivity index (χ0v) is 15.8. The highest BCUT2D eigenvalue weighted by Crippen LogP contribution is 2.33. The molecule has 2 aromatic carbocycles. The molecule has 146 valence electrons. The fourth-order valence-corrected chi connectivity index (χ4v) is 3.48. The highest BCUT2D eigenvalue weighted by molar-refractivity contribution is 7.89. The number of hydrogen-bond donors (Lipinski definition) is 2. The van der Waals surface area contributed by atoms with Crippen LogP contribution < -0.4 is 10.0 Å². The molecule has 2 aromatic rings. The van der Waals surface area contributed by atoms with Gasteiger partial charge in [-0.05, 0) is 44.2 Å². The molecule has 27 heavy (non-hydrogen) atoms. The topological polar surface area (TPSA) is 75.3 Å². The molecule has 0 bridgehead atoms. The first kappa shape index (κ1) is 21.2. The maximum atomic E-state index is 12.8. The molecular formula is C17H16ClF3N2O3S. The van der Waals surface area contributed by atoms with E-state index in [4.69, 9.17) is 11.6 Å². The van der Waals surface area contributed by atoms with Crippen molar-refractivity contribution >= 4 is 33.2 Å². The Morgan fingerprint density at radius 2 is 1.70 bits per heavy atom. The Labute approximate surface area is 159 Å². The first-order valence-corrected chi connectivity index (χ1v) is 9.53. The van der Waals surface area contributed by atoms with Crippen LogP contribution >= 0.6 is 11.6 Å². The Morgan fingerprint density at radius 3 is 2.26 bits per heavy atom. The predicted molar refractivity (Wildman–Crippen MR) is 96.0 cm³/mol. The van der Waals surface area contributed by atoms with Gasteiger partial charge < -0.3 is 5.32 Å². The van der Waals surface area contributed by atoms with Gasteiger partial charge in [-0.3, -0.25) is 4.79 Å². The average molecular weight is 421 g/mol. The van der Waals surface area contributed by atoms with E-state index < -0.39 is 33.7 Å². The van der Waals surface area contributed by atoms with Crippen LogP contribution in [0.1, 0.15) is 18.1 Å². The van der Waals surface area contributed by atoms with Gasteiger partial charge in [0.15, 0.2) is 0 Å². The summed E-state index contributed by atoms with van der Waals surface area (Å²) in [5.41, 5.74) is -0.396. The normalized spacial score (nSPS) is 13.3. The van der Waals surface area contributed by atoms with Gasteiger partial charge in [-0.15, -0.1) is 0 Å². The summed E-state index contributed by atoms with van der Waals surface area (Å²) in [7, 11) is -3.98. The molecule has 2 N–H and O–H groups in total. The summed E-state index contributed by atoms with van der Waals surface area (Å²) in [5, 5.41) is 2.10. The molecule has 0 spiro atoms. The van der Waals surface area contributed by atoms with Crippen molar-refractivity contribution in [2.45, 2.75) is 31.0 Å². The third kappa shape index (κ3) is 5.44. The number of carbonyl (C=O) groups excluding carboxylic acids is 1. The lowest BCUT2D eigenvalue weighted by Crippen LogP contribution is -2.41. The number of rotatable bonds is 5. The second-order valence-electron chi connectivity index (χ2n) is 5.84. The minimum absolute atomic E-state index is 0.0372. The van der Waals surface area contributed by atoms with Crippen molar-refractivity contribution in [3.63, 3.8) is 0 Å². The van der Waals surface area contributed by atoms with Gasteiger partial charge in [-0.2, -0.15) is 17.9 Å². The van der Waals surface area contributed by atoms with Crippen LogP contribution in [0.3, 0.4) is 0 Å². The van der Waals surface area contributed by atoms with E-state index >= 15 is 0 Å². The van der Waals surface area contributed by atoms with Crippen LogP contribution in [0.25, 0.3) is 0 Å². The molecule has 2 rings (SSSR count). The Bertz CT molecular complexity index is 945. The predicted octanol–water partition coefficient (Wildman–Crippen LogP) is 3.97. The number of alkyl halides is 3. The van der Waals surface area contributed by atoms with Gasteiger partial charge in [0, 0.05) is 0 Å². The molecule has 1 atom stereocenters. The number of anilines is 1. The summed E-state index contributed by atoms with van der Waals surface area (Å²) in [4.78, 5) is 12.2. The lowest BCUT2D eigenvalue weighted by Gasteiger charge is -2.16. The van der Waals surface area contributed by atoms with Crippen molar-refractivity contribution in [3.05, 3.63) is 58.6 Å². The van der Waals surface area contributed by atoms with Gasteiger partial charge in [0.1, 0.15) is 0 Å². The molecule has 0 fully saturated rings. The van der Waals surface area contributed by atoms with Crippen LogP contribution in [-0.4, -0.2) is 20.4 Å². The van der Waals surface area contributed by atoms with Crippen molar-refractivity contribution in [2.75, 3.05) is 5.32 Å². The number of benzene rings is 2. The summed E-state index contributed by atoms with van der Waals surface area (Å²) in [5.74, 6) is -0.855. The molecule has 0 aliphatic carbocycles. The maximum absolute atomic E-state index is 12.8. The highest BCUT2D eigenvalue weighted by Gasteiger charge is 2.31. The van der Waals surface area contributed by atoms with Gasteiger partial charge in [-0.1, -0.05) is 29.3 Å². The monoisotopic (exact) mass is 420 g/mol. The number of hydrogen-bond acceptors (Lipinski definition) is 3. The first-order chi connectivity index (χ1) is 12.4. The number of amides is 1. The van der Waals surface area contributed by atoms with Crippen LogP contribution in [0.15, 0.2) is 47.4 Å². The number of halogens is 4. The lowest BCUT2D eigenvalue weighted by atomic mass is 10.2. The van der Waals surface area contributed by atoms with E-state index in [9.17, 15) is 26.4 Å². The second kappa shape index (κ2) is 7.87. The van der Waals surface area contributed by atoms with Crippen molar-refractivity contribution in [1.82, 2.24) is 4.72 Å². The molecule has 0 aliphatic rings. The Hall–Kier alpha value is -2.10. The van der Waals surface area contributed by atoms with Crippen molar-refractivity contribution < 1.29 is 26.4 Å². The van der Waals surface area contributed by atoms with E-state index in [1.54, 1.807) is 19.1 Å². The summed E-state index contributed by atoms with van der Waals surface area (Å²) >= 11 is 5.82. The molecular weight excluding hydrogens is 405 g/mol. The molecule has 1 amide bonds. The van der Waals surface area contributed by atoms with E-state index in [0.717, 1.165) is 17.7 Å². The highest BCUT2D eigenvalue weighted by atomic mass is 35.5. The molecule has 0 aliphatic heterocycles. The fraction of sp³-hybridized carbons (Fsp3) is 0.235. The summed E-state index contributed by atoms with van der Waals surface area (Å²) < 4.78 is 65.1. The molecule has 5 nitrogen and oxygen atoms in total. The maximum Gasteiger partial charge on any atom is 0.416 e. The van der Waals surface area contributed by atoms with Crippen LogP contribution in [0, 0.1) is 6.92 Å². The van der Waals surface area contributed by atoms with Gasteiger partial charge in [0.2, 0.25) is 15.9 Å². The van der Waals surface area contributed by atoms with Crippen LogP contribution in [-0.2, 0) is 21.0 Å². The molecule has 0 unspecified atom stereocenters. The molecule has 10 heteroatoms. The minimum Gasteiger partial charge on any atom is -0.323 e. The second-order valence-corrected chi connectivity index (χ2v) is 7.96. The number of carbonyl (C=O) groups is 1. The van der Waals surface area contributed by atoms with Crippen molar-refractivity contribution in [3.8, 4) is 0 Å². The SMILES string of the molecule is Cc1ccc(S(=O)(=O)N[C@@H](C)C(=O)Nc2cc(C(F)(F)F)ccc2Cl)cc1. The molecule has 0 saturated heterocycles. The van der Waals surface area contributed by atoms with Gasteiger partial charge in [0.05, 0.1) is 27.2 Å². The largest absolute Gasteiger partial charge is 0.416 e. The Kier molecular flexibility index (Phi) is 6.18. The molecule has 0 radical (unpaired) electrons. The quantitative estimate of drug-likeness (QED) is 0.768. The number of aryl methyl sites for hydroxylation is 1. The van der Waals surface area contributed by atoms with Gasteiger partial charge in [0.25, 0.3) is 0 Å². The fourth-order valence-electron chi connectivity index (χ4n) is 2.11. The summed E-state index contributed by atoms with van der Waals surface area (Å²) in [6.07, 6.45) is -4.61. The van der Waals surface area contributed by atoms with Crippen LogP contribution in [0.5, 0.6) is 0 Å². The Morgan fingerprint density at radius 1 is 1.11 bits per heavy atom. The van der Waals surface area contributed by atoms with Gasteiger partial charge >= 0.3 is 6.18 Å². The zero-order valence-electron chi connectivity index (χ0n) is 14.3. The smallest absolute Gasteiger partial charge is 0.323 e. The zero-order chi connectivity index (χ0) is 20.4. The summed E-state index contributed by atoms with van der Waals surface area (Å²) in [6.45, 7) is 3.06. The lowest BCUT2D eigenvalue weighted by molar-refractivity contribution is -0.137. The van der Waals surface area contributed by atoms with Crippen LogP contribution in [0.2, 0.25) is 5.02 Å². The third-order valence-electron chi connectivity index (χ3n) is 3.61. The molecule has 0 saturated carbocycles. The minimum atomic E-state index is -4.61. The number of nitrogens with one attached hydrogen (secondary N) is 2. The van der Waals surface area contributed by atoms with Crippen molar-refractivity contribution in [2.24, 2.45) is 0 Å². The summed E-state index contributed by atoms with van der Waals surface area (Å²) in [6, 6.07) is 7.17. The average Bonchev–Trinajstić information content (AvgIpc) is 2.55. The Balaban J connectivity index is 2.15.